The Bertz CT molecular complexity index is 903. The van der Waals surface area contributed by atoms with Crippen LogP contribution in [0.15, 0.2) is 42.5 Å². The van der Waals surface area contributed by atoms with E-state index in [1.54, 1.807) is 12.1 Å². The Labute approximate surface area is 181 Å². The molecule has 2 aromatic carbocycles. The highest BCUT2D eigenvalue weighted by Crippen LogP contribution is 2.47. The quantitative estimate of drug-likeness (QED) is 0.736. The van der Waals surface area contributed by atoms with Crippen LogP contribution in [0.3, 0.4) is 0 Å². The smallest absolute Gasteiger partial charge is 0.222 e. The van der Waals surface area contributed by atoms with Gasteiger partial charge in [-0.1, -0.05) is 23.7 Å². The minimum absolute atomic E-state index is 0.0775. The molecule has 0 unspecified atom stereocenters. The van der Waals surface area contributed by atoms with Gasteiger partial charge < -0.3 is 24.8 Å². The van der Waals surface area contributed by atoms with Crippen molar-refractivity contribution in [2.75, 3.05) is 25.6 Å². The largest absolute Gasteiger partial charge is 0.487 e. The summed E-state index contributed by atoms with van der Waals surface area (Å²) in [4.78, 5) is 14.6. The Hall–Kier alpha value is -2.28. The van der Waals surface area contributed by atoms with E-state index in [0.29, 0.717) is 18.0 Å². The summed E-state index contributed by atoms with van der Waals surface area (Å²) in [5.41, 5.74) is 3.21. The third-order valence-corrected chi connectivity index (χ3v) is 6.07. The molecule has 1 fully saturated rings. The van der Waals surface area contributed by atoms with Crippen LogP contribution < -0.4 is 15.0 Å². The molecule has 0 aromatic heterocycles. The highest BCUT2D eigenvalue weighted by molar-refractivity contribution is 6.30. The number of anilines is 1. The Morgan fingerprint density at radius 2 is 2.00 bits per heavy atom. The van der Waals surface area contributed by atoms with E-state index in [1.165, 1.54) is 0 Å². The first kappa shape index (κ1) is 21.0. The molecular weight excluding hydrogens is 404 g/mol. The maximum atomic E-state index is 12.5. The summed E-state index contributed by atoms with van der Waals surface area (Å²) in [5, 5.41) is 13.5. The molecule has 7 heteroatoms. The van der Waals surface area contributed by atoms with Crippen molar-refractivity contribution in [3.63, 3.8) is 0 Å². The summed E-state index contributed by atoms with van der Waals surface area (Å²) in [6, 6.07) is 13.5. The number of carbonyl (C=O) groups is 1. The predicted octanol–water partition coefficient (Wildman–Crippen LogP) is 3.11. The minimum atomic E-state index is -0.451. The molecule has 4 atom stereocenters. The van der Waals surface area contributed by atoms with Gasteiger partial charge in [0.25, 0.3) is 0 Å². The number of rotatable bonds is 6. The fraction of sp³-hybridized carbons (Fsp3) is 0.435. The summed E-state index contributed by atoms with van der Waals surface area (Å²) in [6.45, 7) is 0.301. The number of carbonyl (C=O) groups excluding carboxylic acids is 1. The van der Waals surface area contributed by atoms with Crippen LogP contribution >= 0.6 is 11.6 Å². The van der Waals surface area contributed by atoms with Crippen molar-refractivity contribution in [1.82, 2.24) is 5.32 Å². The zero-order chi connectivity index (χ0) is 21.3. The SMILES string of the molecule is CN(C)c1ccc2c(c1)[C@H]1C[C@H](CC(=O)NCc3ccc(Cl)cc3)O[C@@H](CO)[C@H]1O2. The molecule has 160 valence electrons. The third-order valence-electron chi connectivity index (χ3n) is 5.82. The average molecular weight is 431 g/mol. The van der Waals surface area contributed by atoms with E-state index >= 15 is 0 Å². The van der Waals surface area contributed by atoms with Gasteiger partial charge in [-0.05, 0) is 42.3 Å². The van der Waals surface area contributed by atoms with Gasteiger partial charge in [-0.25, -0.2) is 0 Å². The monoisotopic (exact) mass is 430 g/mol. The first-order valence-corrected chi connectivity index (χ1v) is 10.6. The summed E-state index contributed by atoms with van der Waals surface area (Å²) in [5.74, 6) is 0.858. The Kier molecular flexibility index (Phi) is 6.18. The molecule has 0 bridgehead atoms. The number of benzene rings is 2. The molecule has 4 rings (SSSR count). The van der Waals surface area contributed by atoms with Crippen LogP contribution in [-0.2, 0) is 16.1 Å². The molecule has 0 spiro atoms. The van der Waals surface area contributed by atoms with Crippen molar-refractivity contribution >= 4 is 23.2 Å². The molecule has 2 aliphatic heterocycles. The first-order chi connectivity index (χ1) is 14.4. The maximum absolute atomic E-state index is 12.5. The molecule has 0 saturated carbocycles. The summed E-state index contributed by atoms with van der Waals surface area (Å²) < 4.78 is 12.1. The zero-order valence-electron chi connectivity index (χ0n) is 17.2. The minimum Gasteiger partial charge on any atom is -0.487 e. The molecule has 2 heterocycles. The van der Waals surface area contributed by atoms with Crippen LogP contribution in [0.2, 0.25) is 5.02 Å². The lowest BCUT2D eigenvalue weighted by atomic mass is 9.84. The van der Waals surface area contributed by atoms with Crippen molar-refractivity contribution in [3.8, 4) is 5.75 Å². The first-order valence-electron chi connectivity index (χ1n) is 10.2. The van der Waals surface area contributed by atoms with E-state index in [-0.39, 0.29) is 37.1 Å². The number of aliphatic hydroxyl groups excluding tert-OH is 1. The summed E-state index contributed by atoms with van der Waals surface area (Å²) in [7, 11) is 4.01. The van der Waals surface area contributed by atoms with Gasteiger partial charge in [0.1, 0.15) is 18.0 Å². The van der Waals surface area contributed by atoms with Crippen molar-refractivity contribution < 1.29 is 19.4 Å². The number of hydrogen-bond acceptors (Lipinski definition) is 5. The van der Waals surface area contributed by atoms with Crippen molar-refractivity contribution in [3.05, 3.63) is 58.6 Å². The van der Waals surface area contributed by atoms with Crippen LogP contribution in [-0.4, -0.2) is 50.0 Å². The maximum Gasteiger partial charge on any atom is 0.222 e. The Morgan fingerprint density at radius 3 is 2.70 bits per heavy atom. The fourth-order valence-electron chi connectivity index (χ4n) is 4.24. The standard InChI is InChI=1S/C23H27ClN2O4/c1-26(2)16-7-8-20-18(9-16)19-10-17(29-21(13-27)23(19)30-20)11-22(28)25-12-14-3-5-15(24)6-4-14/h3-9,17,19,21,23,27H,10-13H2,1-2H3,(H,25,28)/t17-,19-,21+,23+/m1/s1. The number of hydrogen-bond donors (Lipinski definition) is 2. The van der Waals surface area contributed by atoms with Gasteiger partial charge >= 0.3 is 0 Å². The molecule has 1 saturated heterocycles. The molecule has 6 nitrogen and oxygen atoms in total. The topological polar surface area (TPSA) is 71.0 Å². The molecule has 0 aliphatic carbocycles. The number of amides is 1. The lowest BCUT2D eigenvalue weighted by Crippen LogP contribution is -2.47. The van der Waals surface area contributed by atoms with Gasteiger partial charge in [0.15, 0.2) is 0 Å². The van der Waals surface area contributed by atoms with E-state index in [4.69, 9.17) is 21.1 Å². The van der Waals surface area contributed by atoms with Crippen LogP contribution in [0, 0.1) is 0 Å². The molecule has 1 amide bonds. The molecular formula is C23H27ClN2O4. The van der Waals surface area contributed by atoms with Crippen molar-refractivity contribution in [1.29, 1.82) is 0 Å². The fourth-order valence-corrected chi connectivity index (χ4v) is 4.36. The van der Waals surface area contributed by atoms with Gasteiger partial charge in [0, 0.05) is 42.8 Å². The average Bonchev–Trinajstić information content (AvgIpc) is 3.10. The highest BCUT2D eigenvalue weighted by atomic mass is 35.5. The molecule has 2 N–H and O–H groups in total. The van der Waals surface area contributed by atoms with Crippen LogP contribution in [0.5, 0.6) is 5.75 Å². The van der Waals surface area contributed by atoms with Crippen molar-refractivity contribution in [2.24, 2.45) is 0 Å². The van der Waals surface area contributed by atoms with Crippen molar-refractivity contribution in [2.45, 2.75) is 43.6 Å². The van der Waals surface area contributed by atoms with Gasteiger partial charge in [0.05, 0.1) is 19.1 Å². The second kappa shape index (κ2) is 8.84. The lowest BCUT2D eigenvalue weighted by Gasteiger charge is -2.37. The van der Waals surface area contributed by atoms with E-state index in [2.05, 4.69) is 16.3 Å². The van der Waals surface area contributed by atoms with E-state index in [9.17, 15) is 9.90 Å². The van der Waals surface area contributed by atoms with Crippen LogP contribution in [0.25, 0.3) is 0 Å². The number of aliphatic hydroxyl groups is 1. The van der Waals surface area contributed by atoms with Gasteiger partial charge in [0.2, 0.25) is 5.91 Å². The Balaban J connectivity index is 1.42. The summed E-state index contributed by atoms with van der Waals surface area (Å²) >= 11 is 5.90. The third kappa shape index (κ3) is 4.41. The van der Waals surface area contributed by atoms with E-state index in [1.807, 2.05) is 38.4 Å². The zero-order valence-corrected chi connectivity index (χ0v) is 17.9. The molecule has 2 aliphatic rings. The van der Waals surface area contributed by atoms with Crippen LogP contribution in [0.1, 0.15) is 29.9 Å². The number of ether oxygens (including phenoxy) is 2. The number of nitrogens with zero attached hydrogens (tertiary/aromatic N) is 1. The molecule has 30 heavy (non-hydrogen) atoms. The Morgan fingerprint density at radius 1 is 1.23 bits per heavy atom. The molecule has 2 aromatic rings. The second-order valence-electron chi connectivity index (χ2n) is 8.13. The normalized spacial score (nSPS) is 24.5. The second-order valence-corrected chi connectivity index (χ2v) is 8.56. The van der Waals surface area contributed by atoms with Gasteiger partial charge in [-0.15, -0.1) is 0 Å². The van der Waals surface area contributed by atoms with E-state index < -0.39 is 6.10 Å². The van der Waals surface area contributed by atoms with Gasteiger partial charge in [-0.2, -0.15) is 0 Å². The van der Waals surface area contributed by atoms with Gasteiger partial charge in [-0.3, -0.25) is 4.79 Å². The summed E-state index contributed by atoms with van der Waals surface area (Å²) in [6.07, 6.45) is -0.0231. The molecule has 0 radical (unpaired) electrons. The number of fused-ring (bicyclic) bond motifs is 3. The highest BCUT2D eigenvalue weighted by Gasteiger charge is 2.46. The number of halogens is 1. The number of nitrogens with one attached hydrogen (secondary N) is 1. The lowest BCUT2D eigenvalue weighted by molar-refractivity contribution is -0.142. The van der Waals surface area contributed by atoms with Crippen LogP contribution in [0.4, 0.5) is 5.69 Å². The predicted molar refractivity (Wildman–Crippen MR) is 116 cm³/mol. The van der Waals surface area contributed by atoms with E-state index in [0.717, 1.165) is 22.6 Å².